The zero-order valence-electron chi connectivity index (χ0n) is 10.3. The van der Waals surface area contributed by atoms with E-state index in [0.29, 0.717) is 12.2 Å². The van der Waals surface area contributed by atoms with Crippen LogP contribution in [0.5, 0.6) is 0 Å². The monoisotopic (exact) mass is 228 g/mol. The van der Waals surface area contributed by atoms with Gasteiger partial charge in [-0.1, -0.05) is 12.8 Å². The molecule has 0 aromatic carbocycles. The van der Waals surface area contributed by atoms with Crippen LogP contribution in [0.2, 0.25) is 0 Å². The van der Waals surface area contributed by atoms with Gasteiger partial charge in [-0.3, -0.25) is 0 Å². The average Bonchev–Trinajstić information content (AvgIpc) is 2.97. The highest BCUT2D eigenvalue weighted by Gasteiger charge is 2.46. The molecule has 0 N–H and O–H groups in total. The molecular weight excluding hydrogens is 204 g/mol. The lowest BCUT2D eigenvalue weighted by molar-refractivity contribution is 0.106. The SMILES string of the molecule is CC(C)(CCCC1CCCC2OC12)O[SiH3]. The topological polar surface area (TPSA) is 21.8 Å². The molecule has 1 aliphatic heterocycles. The molecule has 0 aromatic heterocycles. The van der Waals surface area contributed by atoms with Gasteiger partial charge in [-0.05, 0) is 45.4 Å². The van der Waals surface area contributed by atoms with Crippen molar-refractivity contribution in [3.8, 4) is 0 Å². The Morgan fingerprint density at radius 1 is 1.40 bits per heavy atom. The summed E-state index contributed by atoms with van der Waals surface area (Å²) in [6.45, 7) is 4.41. The van der Waals surface area contributed by atoms with E-state index in [4.69, 9.17) is 9.16 Å². The number of ether oxygens (including phenoxy) is 1. The first-order valence-electron chi connectivity index (χ1n) is 6.33. The number of hydrogen-bond acceptors (Lipinski definition) is 2. The molecule has 0 bridgehead atoms. The number of fused-ring (bicyclic) bond motifs is 1. The fourth-order valence-corrected chi connectivity index (χ4v) is 2.95. The normalized spacial score (nSPS) is 35.2. The van der Waals surface area contributed by atoms with E-state index in [2.05, 4.69) is 13.8 Å². The zero-order valence-corrected chi connectivity index (χ0v) is 12.3. The average molecular weight is 228 g/mol. The third kappa shape index (κ3) is 3.05. The molecule has 3 atom stereocenters. The van der Waals surface area contributed by atoms with Crippen molar-refractivity contribution in [3.63, 3.8) is 0 Å². The van der Waals surface area contributed by atoms with Crippen molar-refractivity contribution in [1.82, 2.24) is 0 Å². The van der Waals surface area contributed by atoms with Gasteiger partial charge in [-0.2, -0.15) is 0 Å². The molecule has 2 fully saturated rings. The van der Waals surface area contributed by atoms with E-state index in [1.54, 1.807) is 0 Å². The molecule has 1 saturated heterocycles. The van der Waals surface area contributed by atoms with Crippen LogP contribution in [0.4, 0.5) is 0 Å². The molecule has 3 heteroatoms. The maximum Gasteiger partial charge on any atom is 0.146 e. The smallest absolute Gasteiger partial charge is 0.146 e. The van der Waals surface area contributed by atoms with Crippen LogP contribution in [-0.2, 0) is 9.16 Å². The maximum atomic E-state index is 5.68. The molecule has 88 valence electrons. The predicted molar refractivity (Wildman–Crippen MR) is 65.0 cm³/mol. The lowest BCUT2D eigenvalue weighted by atomic mass is 9.84. The van der Waals surface area contributed by atoms with Crippen LogP contribution in [0.25, 0.3) is 0 Å². The first-order chi connectivity index (χ1) is 7.12. The predicted octanol–water partition coefficient (Wildman–Crippen LogP) is 1.80. The zero-order chi connectivity index (χ0) is 10.9. The Bertz CT molecular complexity index is 218. The second-order valence-corrected chi connectivity index (χ2v) is 6.09. The van der Waals surface area contributed by atoms with Crippen molar-refractivity contribution in [2.45, 2.75) is 70.2 Å². The summed E-state index contributed by atoms with van der Waals surface area (Å²) >= 11 is 0. The van der Waals surface area contributed by atoms with Gasteiger partial charge in [0.05, 0.1) is 12.2 Å². The molecule has 0 aromatic rings. The van der Waals surface area contributed by atoms with Crippen LogP contribution in [0.3, 0.4) is 0 Å². The molecule has 15 heavy (non-hydrogen) atoms. The van der Waals surface area contributed by atoms with Gasteiger partial charge < -0.3 is 9.16 Å². The van der Waals surface area contributed by atoms with Gasteiger partial charge in [-0.25, -0.2) is 0 Å². The fourth-order valence-electron chi connectivity index (χ4n) is 2.75. The lowest BCUT2D eigenvalue weighted by Crippen LogP contribution is -2.24. The Labute approximate surface area is 96.3 Å². The van der Waals surface area contributed by atoms with E-state index in [1.807, 2.05) is 0 Å². The van der Waals surface area contributed by atoms with E-state index < -0.39 is 0 Å². The molecule has 0 amide bonds. The first-order valence-corrected chi connectivity index (χ1v) is 7.15. The van der Waals surface area contributed by atoms with Crippen LogP contribution < -0.4 is 0 Å². The minimum absolute atomic E-state index is 0.116. The van der Waals surface area contributed by atoms with Gasteiger partial charge in [0.1, 0.15) is 10.5 Å². The fraction of sp³-hybridized carbons (Fsp3) is 1.00. The van der Waals surface area contributed by atoms with Gasteiger partial charge in [0.25, 0.3) is 0 Å². The quantitative estimate of drug-likeness (QED) is 0.529. The third-order valence-electron chi connectivity index (χ3n) is 4.06. The summed E-state index contributed by atoms with van der Waals surface area (Å²) in [5.41, 5.74) is 0.116. The molecule has 2 aliphatic rings. The molecule has 1 saturated carbocycles. The van der Waals surface area contributed by atoms with Gasteiger partial charge in [0.15, 0.2) is 0 Å². The van der Waals surface area contributed by atoms with Gasteiger partial charge in [-0.15, -0.1) is 0 Å². The molecule has 2 nitrogen and oxygen atoms in total. The number of hydrogen-bond donors (Lipinski definition) is 0. The minimum atomic E-state index is 0.116. The van der Waals surface area contributed by atoms with Crippen molar-refractivity contribution >= 4 is 10.5 Å². The molecule has 0 radical (unpaired) electrons. The van der Waals surface area contributed by atoms with E-state index in [1.165, 1.54) is 38.5 Å². The Morgan fingerprint density at radius 3 is 2.93 bits per heavy atom. The van der Waals surface area contributed by atoms with E-state index >= 15 is 0 Å². The van der Waals surface area contributed by atoms with Crippen molar-refractivity contribution < 1.29 is 9.16 Å². The standard InChI is InChI=1S/C12H24O2Si/c1-12(2,14-15)8-4-6-9-5-3-7-10-11(9)13-10/h9-11H,3-8H2,1-2,15H3. The molecule has 0 spiro atoms. The van der Waals surface area contributed by atoms with Crippen LogP contribution in [-0.4, -0.2) is 28.3 Å². The molecule has 3 unspecified atom stereocenters. The van der Waals surface area contributed by atoms with Crippen molar-refractivity contribution in [3.05, 3.63) is 0 Å². The van der Waals surface area contributed by atoms with E-state index in [-0.39, 0.29) is 5.60 Å². The van der Waals surface area contributed by atoms with E-state index in [0.717, 1.165) is 16.4 Å². The van der Waals surface area contributed by atoms with Gasteiger partial charge in [0, 0.05) is 5.60 Å². The van der Waals surface area contributed by atoms with Crippen molar-refractivity contribution in [2.24, 2.45) is 5.92 Å². The van der Waals surface area contributed by atoms with Crippen LogP contribution in [0, 0.1) is 5.92 Å². The number of rotatable bonds is 5. The summed E-state index contributed by atoms with van der Waals surface area (Å²) in [6.07, 6.45) is 9.21. The number of epoxide rings is 1. The lowest BCUT2D eigenvalue weighted by Gasteiger charge is -2.25. The highest BCUT2D eigenvalue weighted by atomic mass is 28.2. The Hall–Kier alpha value is 0.137. The van der Waals surface area contributed by atoms with E-state index in [9.17, 15) is 0 Å². The maximum absolute atomic E-state index is 5.68. The van der Waals surface area contributed by atoms with Crippen molar-refractivity contribution in [2.75, 3.05) is 0 Å². The van der Waals surface area contributed by atoms with Crippen LogP contribution in [0.1, 0.15) is 52.4 Å². The van der Waals surface area contributed by atoms with Crippen molar-refractivity contribution in [1.29, 1.82) is 0 Å². The summed E-state index contributed by atoms with van der Waals surface area (Å²) in [6, 6.07) is 0. The molecule has 1 heterocycles. The highest BCUT2D eigenvalue weighted by molar-refractivity contribution is 5.98. The highest BCUT2D eigenvalue weighted by Crippen LogP contribution is 2.42. The Morgan fingerprint density at radius 2 is 2.20 bits per heavy atom. The largest absolute Gasteiger partial charge is 0.423 e. The molecule has 2 rings (SSSR count). The Balaban J connectivity index is 1.65. The van der Waals surface area contributed by atoms with Crippen LogP contribution >= 0.6 is 0 Å². The summed E-state index contributed by atoms with van der Waals surface area (Å²) in [5, 5.41) is 0. The first kappa shape index (κ1) is 11.6. The molecular formula is C12H24O2Si. The van der Waals surface area contributed by atoms with Crippen LogP contribution in [0.15, 0.2) is 0 Å². The molecule has 1 aliphatic carbocycles. The second kappa shape index (κ2) is 4.56. The Kier molecular flexibility index (Phi) is 3.53. The summed E-state index contributed by atoms with van der Waals surface area (Å²) in [5.74, 6) is 0.855. The second-order valence-electron chi connectivity index (χ2n) is 5.69. The van der Waals surface area contributed by atoms with Gasteiger partial charge >= 0.3 is 0 Å². The summed E-state index contributed by atoms with van der Waals surface area (Å²) in [7, 11) is 0.853. The van der Waals surface area contributed by atoms with Gasteiger partial charge in [0.2, 0.25) is 0 Å². The summed E-state index contributed by atoms with van der Waals surface area (Å²) in [4.78, 5) is 0. The third-order valence-corrected chi connectivity index (χ3v) is 5.16. The summed E-state index contributed by atoms with van der Waals surface area (Å²) < 4.78 is 11.2. The minimum Gasteiger partial charge on any atom is -0.423 e.